The van der Waals surface area contributed by atoms with E-state index in [-0.39, 0.29) is 0 Å². The predicted molar refractivity (Wildman–Crippen MR) is 121 cm³/mol. The molecule has 1 aliphatic rings. The number of nitrogens with one attached hydrogen (secondary N) is 2. The molecule has 7 nitrogen and oxygen atoms in total. The Labute approximate surface area is 177 Å². The molecule has 1 atom stereocenters. The average Bonchev–Trinajstić information content (AvgIpc) is 3.14. The molecule has 2 heterocycles. The zero-order valence-electron chi connectivity index (χ0n) is 17.1. The van der Waals surface area contributed by atoms with Crippen LogP contribution in [-0.2, 0) is 16.6 Å². The maximum absolute atomic E-state index is 11.6. The van der Waals surface area contributed by atoms with Gasteiger partial charge >= 0.3 is 0 Å². The van der Waals surface area contributed by atoms with Crippen molar-refractivity contribution in [2.45, 2.75) is 19.0 Å². The van der Waals surface area contributed by atoms with Crippen LogP contribution in [0, 0.1) is 0 Å². The second kappa shape index (κ2) is 8.49. The van der Waals surface area contributed by atoms with Gasteiger partial charge in [0, 0.05) is 54.5 Å². The Hall–Kier alpha value is -2.84. The highest BCUT2D eigenvalue weighted by Crippen LogP contribution is 2.28. The standard InChI is InChI=1S/C22H26N4O3S/c1-29-22-7-6-16(12-21(22)25-30(2,27)28)14-26-11-9-18(15-26)24-20-5-3-4-17-13-23-10-8-19(17)20/h3-8,10,12-13,18,24-25H,9,11,14-15H2,1-2H3/t18-/m1/s1. The number of pyridine rings is 1. The molecule has 0 unspecified atom stereocenters. The van der Waals surface area contributed by atoms with E-state index in [1.54, 1.807) is 6.07 Å². The van der Waals surface area contributed by atoms with Gasteiger partial charge < -0.3 is 10.1 Å². The maximum atomic E-state index is 11.6. The molecule has 158 valence electrons. The fourth-order valence-corrected chi connectivity index (χ4v) is 4.51. The van der Waals surface area contributed by atoms with Crippen LogP contribution < -0.4 is 14.8 Å². The van der Waals surface area contributed by atoms with Crippen LogP contribution in [0.2, 0.25) is 0 Å². The van der Waals surface area contributed by atoms with Crippen molar-refractivity contribution < 1.29 is 13.2 Å². The van der Waals surface area contributed by atoms with Crippen LogP contribution >= 0.6 is 0 Å². The number of likely N-dealkylation sites (tertiary alicyclic amines) is 1. The number of anilines is 2. The Bertz CT molecular complexity index is 1140. The largest absolute Gasteiger partial charge is 0.495 e. The number of methoxy groups -OCH3 is 1. The van der Waals surface area contributed by atoms with E-state index < -0.39 is 10.0 Å². The molecule has 8 heteroatoms. The van der Waals surface area contributed by atoms with E-state index in [1.165, 1.54) is 12.5 Å². The highest BCUT2D eigenvalue weighted by molar-refractivity contribution is 7.92. The van der Waals surface area contributed by atoms with Crippen molar-refractivity contribution >= 4 is 32.2 Å². The lowest BCUT2D eigenvalue weighted by molar-refractivity contribution is 0.328. The number of hydrogen-bond acceptors (Lipinski definition) is 6. The van der Waals surface area contributed by atoms with Crippen molar-refractivity contribution in [3.63, 3.8) is 0 Å². The van der Waals surface area contributed by atoms with Gasteiger partial charge in [0.15, 0.2) is 0 Å². The van der Waals surface area contributed by atoms with Gasteiger partial charge in [-0.25, -0.2) is 8.42 Å². The molecule has 0 saturated carbocycles. The average molecular weight is 427 g/mol. The van der Waals surface area contributed by atoms with E-state index in [9.17, 15) is 8.42 Å². The fourth-order valence-electron chi connectivity index (χ4n) is 3.95. The van der Waals surface area contributed by atoms with Gasteiger partial charge in [0.2, 0.25) is 10.0 Å². The van der Waals surface area contributed by atoms with Crippen LogP contribution in [-0.4, -0.2) is 50.8 Å². The molecule has 0 bridgehead atoms. The second-order valence-corrected chi connectivity index (χ2v) is 9.42. The normalized spacial score (nSPS) is 17.2. The van der Waals surface area contributed by atoms with Gasteiger partial charge in [-0.2, -0.15) is 0 Å². The fraction of sp³-hybridized carbons (Fsp3) is 0.318. The van der Waals surface area contributed by atoms with Crippen LogP contribution in [0.5, 0.6) is 5.75 Å². The summed E-state index contributed by atoms with van der Waals surface area (Å²) >= 11 is 0. The van der Waals surface area contributed by atoms with Crippen molar-refractivity contribution in [3.8, 4) is 5.75 Å². The van der Waals surface area contributed by atoms with Crippen molar-refractivity contribution in [1.82, 2.24) is 9.88 Å². The first kappa shape index (κ1) is 20.4. The summed E-state index contributed by atoms with van der Waals surface area (Å²) in [7, 11) is -1.84. The van der Waals surface area contributed by atoms with E-state index >= 15 is 0 Å². The third-order valence-electron chi connectivity index (χ3n) is 5.28. The summed E-state index contributed by atoms with van der Waals surface area (Å²) in [6.07, 6.45) is 5.89. The Morgan fingerprint density at radius 1 is 1.20 bits per heavy atom. The van der Waals surface area contributed by atoms with Crippen LogP contribution in [0.25, 0.3) is 10.8 Å². The molecular weight excluding hydrogens is 400 g/mol. The number of ether oxygens (including phenoxy) is 1. The molecule has 30 heavy (non-hydrogen) atoms. The molecule has 2 N–H and O–H groups in total. The van der Waals surface area contributed by atoms with Crippen molar-refractivity contribution in [1.29, 1.82) is 0 Å². The molecule has 3 aromatic rings. The smallest absolute Gasteiger partial charge is 0.229 e. The molecular formula is C22H26N4O3S. The molecule has 0 radical (unpaired) electrons. The summed E-state index contributed by atoms with van der Waals surface area (Å²) in [5.41, 5.74) is 2.64. The van der Waals surface area contributed by atoms with Gasteiger partial charge in [-0.3, -0.25) is 14.6 Å². The quantitative estimate of drug-likeness (QED) is 0.603. The minimum Gasteiger partial charge on any atom is -0.495 e. The molecule has 1 aromatic heterocycles. The van der Waals surface area contributed by atoms with E-state index in [4.69, 9.17) is 4.74 Å². The highest BCUT2D eigenvalue weighted by Gasteiger charge is 2.23. The Kier molecular flexibility index (Phi) is 5.78. The van der Waals surface area contributed by atoms with Crippen molar-refractivity contribution in [3.05, 3.63) is 60.4 Å². The van der Waals surface area contributed by atoms with E-state index in [2.05, 4.69) is 32.1 Å². The summed E-state index contributed by atoms with van der Waals surface area (Å²) in [5, 5.41) is 5.98. The summed E-state index contributed by atoms with van der Waals surface area (Å²) in [4.78, 5) is 6.57. The molecule has 0 amide bonds. The number of nitrogens with zero attached hydrogens (tertiary/aromatic N) is 2. The first-order valence-corrected chi connectivity index (χ1v) is 11.8. The summed E-state index contributed by atoms with van der Waals surface area (Å²) in [6.45, 7) is 2.65. The lowest BCUT2D eigenvalue weighted by Gasteiger charge is -2.19. The summed E-state index contributed by atoms with van der Waals surface area (Å²) in [5.74, 6) is 0.510. The van der Waals surface area contributed by atoms with Crippen molar-refractivity contribution in [2.24, 2.45) is 0 Å². The topological polar surface area (TPSA) is 83.6 Å². The van der Waals surface area contributed by atoms with Gasteiger partial charge in [0.05, 0.1) is 19.1 Å². The third-order valence-corrected chi connectivity index (χ3v) is 5.87. The van der Waals surface area contributed by atoms with Gasteiger partial charge in [0.1, 0.15) is 5.75 Å². The molecule has 4 rings (SSSR count). The van der Waals surface area contributed by atoms with Crippen LogP contribution in [0.4, 0.5) is 11.4 Å². The molecule has 1 aliphatic heterocycles. The third kappa shape index (κ3) is 4.83. The number of aromatic nitrogens is 1. The van der Waals surface area contributed by atoms with Gasteiger partial charge in [-0.15, -0.1) is 0 Å². The lowest BCUT2D eigenvalue weighted by Crippen LogP contribution is -2.26. The van der Waals surface area contributed by atoms with E-state index in [0.717, 1.165) is 48.9 Å². The Morgan fingerprint density at radius 2 is 2.07 bits per heavy atom. The number of hydrogen-bond donors (Lipinski definition) is 2. The molecule has 1 saturated heterocycles. The SMILES string of the molecule is COc1ccc(CN2CC[C@@H](Nc3cccc4cnccc34)C2)cc1NS(C)(=O)=O. The van der Waals surface area contributed by atoms with Crippen LogP contribution in [0.15, 0.2) is 54.9 Å². The van der Waals surface area contributed by atoms with E-state index in [1.807, 2.05) is 36.7 Å². The number of benzene rings is 2. The summed E-state index contributed by atoms with van der Waals surface area (Å²) in [6, 6.07) is 14.3. The minimum atomic E-state index is -3.37. The monoisotopic (exact) mass is 426 g/mol. The molecule has 0 aliphatic carbocycles. The predicted octanol–water partition coefficient (Wildman–Crippen LogP) is 3.30. The number of fused-ring (bicyclic) bond motifs is 1. The van der Waals surface area contributed by atoms with E-state index in [0.29, 0.717) is 17.5 Å². The minimum absolute atomic E-state index is 0.357. The Morgan fingerprint density at radius 3 is 2.87 bits per heavy atom. The highest BCUT2D eigenvalue weighted by atomic mass is 32.2. The first-order chi connectivity index (χ1) is 14.4. The molecule has 1 fully saturated rings. The van der Waals surface area contributed by atoms with Gasteiger partial charge in [-0.1, -0.05) is 18.2 Å². The Balaban J connectivity index is 1.43. The first-order valence-electron chi connectivity index (χ1n) is 9.87. The summed E-state index contributed by atoms with van der Waals surface area (Å²) < 4.78 is 31.1. The number of sulfonamides is 1. The molecule has 2 aromatic carbocycles. The van der Waals surface area contributed by atoms with Crippen LogP contribution in [0.1, 0.15) is 12.0 Å². The van der Waals surface area contributed by atoms with Gasteiger partial charge in [0.25, 0.3) is 0 Å². The zero-order valence-corrected chi connectivity index (χ0v) is 17.9. The zero-order chi connectivity index (χ0) is 21.1. The van der Waals surface area contributed by atoms with Gasteiger partial charge in [-0.05, 0) is 36.2 Å². The second-order valence-electron chi connectivity index (χ2n) is 7.68. The maximum Gasteiger partial charge on any atom is 0.229 e. The van der Waals surface area contributed by atoms with Crippen molar-refractivity contribution in [2.75, 3.05) is 36.5 Å². The number of rotatable bonds is 7. The lowest BCUT2D eigenvalue weighted by atomic mass is 10.1. The molecule has 0 spiro atoms. The van der Waals surface area contributed by atoms with Crippen LogP contribution in [0.3, 0.4) is 0 Å².